The second-order valence-corrected chi connectivity index (χ2v) is 1.57. The van der Waals surface area contributed by atoms with Crippen LogP contribution in [0.1, 0.15) is 0 Å². The van der Waals surface area contributed by atoms with Gasteiger partial charge in [-0.1, -0.05) is 19.7 Å². The van der Waals surface area contributed by atoms with Crippen LogP contribution in [0, 0.1) is 0 Å². The van der Waals surface area contributed by atoms with Gasteiger partial charge in [0, 0.05) is 0 Å². The number of carboxylic acid groups (broad SMARTS) is 3. The second-order valence-electron chi connectivity index (χ2n) is 1.57. The summed E-state index contributed by atoms with van der Waals surface area (Å²) in [5.41, 5.74) is 0. The summed E-state index contributed by atoms with van der Waals surface area (Å²) in [5.74, 6) is -3.69. The fraction of sp³-hybridized carbons (Fsp3) is 0. The number of aliphatic carboxylic acids is 3. The molecule has 0 saturated heterocycles. The van der Waals surface area contributed by atoms with E-state index in [1.54, 1.807) is 0 Å². The van der Waals surface area contributed by atoms with Gasteiger partial charge >= 0.3 is 17.1 Å². The molecule has 0 heterocycles. The predicted molar refractivity (Wildman–Crippen MR) is 45.6 cm³/mol. The summed E-state index contributed by atoms with van der Waals surface area (Å²) >= 11 is 0. The summed E-state index contributed by atoms with van der Waals surface area (Å²) in [4.78, 5) is 27.4. The van der Waals surface area contributed by atoms with Crippen LogP contribution in [-0.2, 0) is 31.5 Å². The molecule has 0 aromatic rings. The van der Waals surface area contributed by atoms with E-state index in [0.29, 0.717) is 0 Å². The zero-order valence-electron chi connectivity index (χ0n) is 8.16. The first-order chi connectivity index (χ1) is 6.81. The van der Waals surface area contributed by atoms with Gasteiger partial charge in [-0.25, -0.2) is 0 Å². The minimum absolute atomic E-state index is 0. The summed E-state index contributed by atoms with van der Waals surface area (Å²) in [5, 5.41) is 27.4. The molecule has 0 amide bonds. The van der Waals surface area contributed by atoms with Crippen molar-refractivity contribution in [3.8, 4) is 0 Å². The van der Waals surface area contributed by atoms with Gasteiger partial charge in [-0.05, 0) is 18.2 Å². The molecule has 0 spiro atoms. The van der Waals surface area contributed by atoms with Crippen molar-refractivity contribution in [2.45, 2.75) is 0 Å². The minimum atomic E-state index is -1.23. The van der Waals surface area contributed by atoms with E-state index in [4.69, 9.17) is 29.7 Å². The van der Waals surface area contributed by atoms with Gasteiger partial charge in [0.05, 0.1) is 17.9 Å². The Bertz CT molecular complexity index is 216. The maximum Gasteiger partial charge on any atom is 2.00 e. The Hall–Kier alpha value is -1.85. The SMILES string of the molecule is C=CC(=O)[O-].C=CC(=O)[O-].C=CC(=O)[O-].[Fe+2]. The van der Waals surface area contributed by atoms with Crippen molar-refractivity contribution < 1.29 is 46.8 Å². The van der Waals surface area contributed by atoms with Crippen molar-refractivity contribution in [1.82, 2.24) is 0 Å². The van der Waals surface area contributed by atoms with Gasteiger partial charge in [0.1, 0.15) is 0 Å². The molecule has 0 bridgehead atoms. The van der Waals surface area contributed by atoms with Gasteiger partial charge in [0.25, 0.3) is 0 Å². The van der Waals surface area contributed by atoms with Crippen molar-refractivity contribution in [3.63, 3.8) is 0 Å². The topological polar surface area (TPSA) is 120 Å². The number of carbonyl (C=O) groups is 3. The number of rotatable bonds is 3. The van der Waals surface area contributed by atoms with Crippen molar-refractivity contribution in [3.05, 3.63) is 38.0 Å². The minimum Gasteiger partial charge on any atom is -0.545 e. The average Bonchev–Trinajstić information content (AvgIpc) is 2.19. The maximum absolute atomic E-state index is 9.14. The molecule has 16 heavy (non-hydrogen) atoms. The molecule has 0 rings (SSSR count). The molecule has 0 fully saturated rings. The van der Waals surface area contributed by atoms with Gasteiger partial charge < -0.3 is 29.7 Å². The third kappa shape index (κ3) is 87.7. The van der Waals surface area contributed by atoms with Crippen LogP contribution >= 0.6 is 0 Å². The van der Waals surface area contributed by atoms with E-state index in [2.05, 4.69) is 19.7 Å². The molecule has 0 unspecified atom stereocenters. The number of carboxylic acids is 3. The fourth-order valence-electron chi connectivity index (χ4n) is 0. The largest absolute Gasteiger partial charge is 2.00 e. The number of hydrogen-bond acceptors (Lipinski definition) is 6. The second kappa shape index (κ2) is 18.8. The Balaban J connectivity index is -0.0000000655. The zero-order chi connectivity index (χ0) is 12.9. The van der Waals surface area contributed by atoms with Crippen molar-refractivity contribution in [2.24, 2.45) is 0 Å². The first-order valence-corrected chi connectivity index (χ1v) is 3.32. The van der Waals surface area contributed by atoms with Crippen LogP contribution in [0.3, 0.4) is 0 Å². The summed E-state index contributed by atoms with van der Waals surface area (Å²) < 4.78 is 0. The standard InChI is InChI=1S/3C3H4O2.Fe/c3*1-2-3(4)5;/h3*2H,1H2,(H,4,5);/q;;;+2/p-3. The van der Waals surface area contributed by atoms with E-state index in [1.807, 2.05) is 0 Å². The third-order valence-electron chi connectivity index (χ3n) is 0.500. The predicted octanol–water partition coefficient (Wildman–Crippen LogP) is -3.24. The molecule has 6 nitrogen and oxygen atoms in total. The van der Waals surface area contributed by atoms with Crippen LogP contribution in [0.2, 0.25) is 0 Å². The first kappa shape index (κ1) is 23.8. The Labute approximate surface area is 103 Å². The Morgan fingerprint density at radius 2 is 0.750 bits per heavy atom. The number of hydrogen-bond donors (Lipinski definition) is 0. The monoisotopic (exact) mass is 269 g/mol. The normalized spacial score (nSPS) is 6.00. The average molecular weight is 269 g/mol. The molecule has 0 saturated carbocycles. The molecule has 0 aliphatic rings. The molecular formula is C9H9FeO6-. The van der Waals surface area contributed by atoms with Gasteiger partial charge in [-0.3, -0.25) is 0 Å². The van der Waals surface area contributed by atoms with E-state index in [9.17, 15) is 0 Å². The van der Waals surface area contributed by atoms with Crippen molar-refractivity contribution >= 4 is 17.9 Å². The smallest absolute Gasteiger partial charge is 0.545 e. The van der Waals surface area contributed by atoms with E-state index < -0.39 is 17.9 Å². The first-order valence-electron chi connectivity index (χ1n) is 3.32. The van der Waals surface area contributed by atoms with Crippen molar-refractivity contribution in [1.29, 1.82) is 0 Å². The molecule has 0 aliphatic heterocycles. The van der Waals surface area contributed by atoms with Gasteiger partial charge in [0.2, 0.25) is 0 Å². The van der Waals surface area contributed by atoms with Gasteiger partial charge in [0.15, 0.2) is 0 Å². The summed E-state index contributed by atoms with van der Waals surface area (Å²) in [6.07, 6.45) is 2.17. The van der Waals surface area contributed by atoms with Crippen LogP contribution in [0.25, 0.3) is 0 Å². The molecule has 90 valence electrons. The van der Waals surface area contributed by atoms with Crippen LogP contribution in [0.5, 0.6) is 0 Å². The number of carbonyl (C=O) groups excluding carboxylic acids is 3. The Kier molecular flexibility index (Phi) is 28.0. The van der Waals surface area contributed by atoms with Crippen LogP contribution < -0.4 is 15.3 Å². The van der Waals surface area contributed by atoms with E-state index in [1.165, 1.54) is 0 Å². The van der Waals surface area contributed by atoms with Crippen LogP contribution in [0.15, 0.2) is 38.0 Å². The fourth-order valence-corrected chi connectivity index (χ4v) is 0. The quantitative estimate of drug-likeness (QED) is 0.392. The van der Waals surface area contributed by atoms with E-state index in [-0.39, 0.29) is 17.1 Å². The molecular weight excluding hydrogens is 260 g/mol. The molecule has 0 aromatic carbocycles. The summed E-state index contributed by atoms with van der Waals surface area (Å²) in [7, 11) is 0. The van der Waals surface area contributed by atoms with Crippen LogP contribution in [-0.4, -0.2) is 17.9 Å². The van der Waals surface area contributed by atoms with Gasteiger partial charge in [-0.15, -0.1) is 0 Å². The zero-order valence-corrected chi connectivity index (χ0v) is 9.26. The Morgan fingerprint density at radius 3 is 0.750 bits per heavy atom. The Morgan fingerprint density at radius 1 is 0.688 bits per heavy atom. The summed E-state index contributed by atoms with van der Waals surface area (Å²) in [6, 6.07) is 0. The molecule has 0 aliphatic carbocycles. The van der Waals surface area contributed by atoms with E-state index >= 15 is 0 Å². The third-order valence-corrected chi connectivity index (χ3v) is 0.500. The molecule has 0 aromatic heterocycles. The van der Waals surface area contributed by atoms with E-state index in [0.717, 1.165) is 18.2 Å². The summed E-state index contributed by atoms with van der Waals surface area (Å²) in [6.45, 7) is 8.69. The molecule has 0 atom stereocenters. The van der Waals surface area contributed by atoms with Gasteiger partial charge in [-0.2, -0.15) is 0 Å². The maximum atomic E-state index is 9.14. The van der Waals surface area contributed by atoms with Crippen LogP contribution in [0.4, 0.5) is 0 Å². The molecule has 7 heteroatoms. The molecule has 0 N–H and O–H groups in total. The van der Waals surface area contributed by atoms with Crippen molar-refractivity contribution in [2.75, 3.05) is 0 Å². The molecule has 0 radical (unpaired) electrons.